The number of phenols is 4. The molecule has 4 aromatic carbocycles. The van der Waals surface area contributed by atoms with Crippen molar-refractivity contribution < 1.29 is 20.4 Å². The molecule has 12 N–H and O–H groups in total. The van der Waals surface area contributed by atoms with Crippen LogP contribution in [0.4, 0.5) is 22.7 Å². The lowest BCUT2D eigenvalue weighted by atomic mass is 9.62. The van der Waals surface area contributed by atoms with Gasteiger partial charge in [0.15, 0.2) is 0 Å². The van der Waals surface area contributed by atoms with Crippen LogP contribution in [0.2, 0.25) is 0 Å². The summed E-state index contributed by atoms with van der Waals surface area (Å²) in [6, 6.07) is 19.8. The fourth-order valence-corrected chi connectivity index (χ4v) is 4.62. The number of hydrogen-bond donors (Lipinski definition) is 8. The first-order valence-electron chi connectivity index (χ1n) is 10.9. The number of phenolic OH excluding ortho intramolecular Hbond substituents is 4. The van der Waals surface area contributed by atoms with Gasteiger partial charge < -0.3 is 43.4 Å². The maximum absolute atomic E-state index is 10.1. The van der Waals surface area contributed by atoms with E-state index in [4.69, 9.17) is 22.9 Å². The molecule has 0 aliphatic carbocycles. The minimum Gasteiger partial charge on any atom is -0.506 e. The molecule has 0 aromatic heterocycles. The summed E-state index contributed by atoms with van der Waals surface area (Å²) >= 11 is 0. The van der Waals surface area contributed by atoms with E-state index in [2.05, 4.69) is 0 Å². The van der Waals surface area contributed by atoms with Crippen LogP contribution in [0.5, 0.6) is 23.0 Å². The Morgan fingerprint density at radius 3 is 1.14 bits per heavy atom. The van der Waals surface area contributed by atoms with Gasteiger partial charge in [0.05, 0.1) is 22.7 Å². The molecule has 0 fully saturated rings. The Kier molecular flexibility index (Phi) is 5.74. The van der Waals surface area contributed by atoms with Gasteiger partial charge in [0, 0.05) is 11.3 Å². The molecular formula is C27H28N4O4. The first-order valence-corrected chi connectivity index (χ1v) is 10.9. The third-order valence-electron chi connectivity index (χ3n) is 6.60. The standard InChI is InChI=1S/C27H28N4O4/c1-27(16-4-8-24(34)20(30)12-16,17-5-9-25(35)21(31)13-17)26(14-2-6-22(32)18(28)10-14)15-3-7-23(33)19(29)11-15/h2-13,26,32-35H,28-31H2,1H3. The molecule has 0 amide bonds. The predicted molar refractivity (Wildman–Crippen MR) is 138 cm³/mol. The minimum absolute atomic E-state index is 0.0535. The van der Waals surface area contributed by atoms with Crippen molar-refractivity contribution in [2.24, 2.45) is 0 Å². The third-order valence-corrected chi connectivity index (χ3v) is 6.60. The quantitative estimate of drug-likeness (QED) is 0.158. The highest BCUT2D eigenvalue weighted by atomic mass is 16.3. The summed E-state index contributed by atoms with van der Waals surface area (Å²) in [5, 5.41) is 40.4. The van der Waals surface area contributed by atoms with Gasteiger partial charge >= 0.3 is 0 Å². The molecule has 0 aliphatic heterocycles. The van der Waals surface area contributed by atoms with Crippen molar-refractivity contribution in [2.75, 3.05) is 22.9 Å². The van der Waals surface area contributed by atoms with Gasteiger partial charge in [-0.2, -0.15) is 0 Å². The number of anilines is 4. The van der Waals surface area contributed by atoms with E-state index >= 15 is 0 Å². The summed E-state index contributed by atoms with van der Waals surface area (Å²) in [6.07, 6.45) is 0. The van der Waals surface area contributed by atoms with Crippen molar-refractivity contribution >= 4 is 22.7 Å². The number of aromatic hydroxyl groups is 4. The molecule has 4 aromatic rings. The van der Waals surface area contributed by atoms with Gasteiger partial charge in [-0.25, -0.2) is 0 Å². The monoisotopic (exact) mass is 472 g/mol. The SMILES string of the molecule is CC(c1ccc(O)c(N)c1)(c1ccc(O)c(N)c1)C(c1ccc(O)c(N)c1)c1ccc(O)c(N)c1. The highest BCUT2D eigenvalue weighted by molar-refractivity contribution is 5.65. The van der Waals surface area contributed by atoms with E-state index in [1.54, 1.807) is 48.5 Å². The molecule has 0 atom stereocenters. The zero-order valence-electron chi connectivity index (χ0n) is 19.1. The smallest absolute Gasteiger partial charge is 0.138 e. The molecule has 0 aliphatic rings. The minimum atomic E-state index is -0.906. The highest BCUT2D eigenvalue weighted by Crippen LogP contribution is 2.51. The molecule has 35 heavy (non-hydrogen) atoms. The van der Waals surface area contributed by atoms with Gasteiger partial charge in [0.2, 0.25) is 0 Å². The first-order chi connectivity index (χ1) is 16.5. The topological polar surface area (TPSA) is 185 Å². The Balaban J connectivity index is 2.10. The molecule has 4 rings (SSSR count). The zero-order valence-corrected chi connectivity index (χ0v) is 19.1. The summed E-state index contributed by atoms with van der Waals surface area (Å²) < 4.78 is 0. The van der Waals surface area contributed by atoms with Gasteiger partial charge in [-0.15, -0.1) is 0 Å². The van der Waals surface area contributed by atoms with Crippen LogP contribution in [0.15, 0.2) is 72.8 Å². The largest absolute Gasteiger partial charge is 0.506 e. The Morgan fingerprint density at radius 2 is 0.829 bits per heavy atom. The van der Waals surface area contributed by atoms with Gasteiger partial charge in [-0.05, 0) is 70.8 Å². The molecule has 0 saturated heterocycles. The number of hydrogen-bond acceptors (Lipinski definition) is 8. The van der Waals surface area contributed by atoms with Crippen LogP contribution < -0.4 is 22.9 Å². The maximum Gasteiger partial charge on any atom is 0.138 e. The van der Waals surface area contributed by atoms with Crippen LogP contribution in [0.3, 0.4) is 0 Å². The average Bonchev–Trinajstić information content (AvgIpc) is 2.82. The van der Waals surface area contributed by atoms with E-state index in [0.29, 0.717) is 0 Å². The van der Waals surface area contributed by atoms with E-state index < -0.39 is 11.3 Å². The summed E-state index contributed by atoms with van der Waals surface area (Å²) in [5.74, 6) is -0.702. The number of nitrogen functional groups attached to an aromatic ring is 4. The second kappa shape index (κ2) is 8.57. The first kappa shape index (κ1) is 23.4. The Labute approximate surface area is 202 Å². The van der Waals surface area contributed by atoms with Gasteiger partial charge in [0.1, 0.15) is 23.0 Å². The number of nitrogens with two attached hydrogens (primary N) is 4. The van der Waals surface area contributed by atoms with E-state index in [1.807, 2.05) is 6.92 Å². The molecule has 180 valence electrons. The molecule has 8 heteroatoms. The van der Waals surface area contributed by atoms with Crippen molar-refractivity contribution in [2.45, 2.75) is 18.3 Å². The summed E-state index contributed by atoms with van der Waals surface area (Å²) in [7, 11) is 0. The van der Waals surface area contributed by atoms with Crippen molar-refractivity contribution in [3.8, 4) is 23.0 Å². The number of benzene rings is 4. The molecule has 8 nitrogen and oxygen atoms in total. The van der Waals surface area contributed by atoms with E-state index in [9.17, 15) is 20.4 Å². The fourth-order valence-electron chi connectivity index (χ4n) is 4.62. The summed E-state index contributed by atoms with van der Waals surface area (Å²) in [5.41, 5.74) is 27.2. The van der Waals surface area contributed by atoms with Crippen molar-refractivity contribution in [1.82, 2.24) is 0 Å². The predicted octanol–water partition coefficient (Wildman–Crippen LogP) is 3.98. The van der Waals surface area contributed by atoms with Crippen molar-refractivity contribution in [3.63, 3.8) is 0 Å². The fraction of sp³-hybridized carbons (Fsp3) is 0.111. The lowest BCUT2D eigenvalue weighted by Crippen LogP contribution is -2.33. The molecular weight excluding hydrogens is 444 g/mol. The normalized spacial score (nSPS) is 11.6. The van der Waals surface area contributed by atoms with Crippen LogP contribution in [0.1, 0.15) is 35.1 Å². The van der Waals surface area contributed by atoms with E-state index in [0.717, 1.165) is 22.3 Å². The van der Waals surface area contributed by atoms with Crippen LogP contribution in [0, 0.1) is 0 Å². The second-order valence-electron chi connectivity index (χ2n) is 8.82. The summed E-state index contributed by atoms with van der Waals surface area (Å²) in [6.45, 7) is 1.97. The zero-order chi connectivity index (χ0) is 25.5. The third kappa shape index (κ3) is 4.06. The van der Waals surface area contributed by atoms with Gasteiger partial charge in [0.25, 0.3) is 0 Å². The van der Waals surface area contributed by atoms with Crippen LogP contribution in [-0.4, -0.2) is 20.4 Å². The van der Waals surface area contributed by atoms with Gasteiger partial charge in [-0.3, -0.25) is 0 Å². The Hall–Kier alpha value is -4.72. The molecule has 0 radical (unpaired) electrons. The lowest BCUT2D eigenvalue weighted by Gasteiger charge is -2.40. The lowest BCUT2D eigenvalue weighted by molar-refractivity contribution is 0.466. The van der Waals surface area contributed by atoms with Crippen LogP contribution in [-0.2, 0) is 5.41 Å². The molecule has 0 spiro atoms. The average molecular weight is 473 g/mol. The second-order valence-corrected chi connectivity index (χ2v) is 8.82. The Morgan fingerprint density at radius 1 is 0.514 bits per heavy atom. The molecule has 0 unspecified atom stereocenters. The maximum atomic E-state index is 10.1. The van der Waals surface area contributed by atoms with E-state index in [1.165, 1.54) is 24.3 Å². The molecule has 0 bridgehead atoms. The molecule has 0 saturated carbocycles. The van der Waals surface area contributed by atoms with Crippen molar-refractivity contribution in [3.05, 3.63) is 95.1 Å². The van der Waals surface area contributed by atoms with E-state index in [-0.39, 0.29) is 45.7 Å². The highest BCUT2D eigenvalue weighted by Gasteiger charge is 2.41. The number of rotatable bonds is 5. The van der Waals surface area contributed by atoms with Crippen LogP contribution in [0.25, 0.3) is 0 Å². The summed E-state index contributed by atoms with van der Waals surface area (Å²) in [4.78, 5) is 0. The Bertz CT molecular complexity index is 1320. The van der Waals surface area contributed by atoms with Crippen molar-refractivity contribution in [1.29, 1.82) is 0 Å². The molecule has 0 heterocycles. The van der Waals surface area contributed by atoms with Crippen LogP contribution >= 0.6 is 0 Å². The van der Waals surface area contributed by atoms with Gasteiger partial charge in [-0.1, -0.05) is 31.2 Å².